The van der Waals surface area contributed by atoms with Crippen LogP contribution in [0.5, 0.6) is 0 Å². The molecule has 7 heteroatoms. The largest absolute Gasteiger partial charge is 0.250 e. The molecule has 1 aromatic carbocycles. The molecule has 0 heterocycles. The van der Waals surface area contributed by atoms with Crippen molar-refractivity contribution in [2.45, 2.75) is 12.8 Å². The fraction of sp³-hybridized carbons (Fsp3) is 0.429. The van der Waals surface area contributed by atoms with Gasteiger partial charge in [-0.25, -0.2) is 17.5 Å². The van der Waals surface area contributed by atoms with Crippen LogP contribution in [0.15, 0.2) is 33.5 Å². The van der Waals surface area contributed by atoms with E-state index >= 15 is 0 Å². The van der Waals surface area contributed by atoms with Crippen molar-refractivity contribution in [2.75, 3.05) is 25.6 Å². The van der Waals surface area contributed by atoms with Gasteiger partial charge >= 0.3 is 0 Å². The number of nitrogens with one attached hydrogen (secondary N) is 1. The predicted molar refractivity (Wildman–Crippen MR) is 86.9 cm³/mol. The van der Waals surface area contributed by atoms with E-state index in [1.165, 1.54) is 13.3 Å². The number of rotatable bonds is 5. The van der Waals surface area contributed by atoms with E-state index in [2.05, 4.69) is 9.08 Å². The Morgan fingerprint density at radius 2 is 1.90 bits per heavy atom. The molecular weight excluding hydrogens is 308 g/mol. The highest BCUT2D eigenvalue weighted by Crippen LogP contribution is 2.26. The van der Waals surface area contributed by atoms with Crippen molar-refractivity contribution in [3.63, 3.8) is 0 Å². The van der Waals surface area contributed by atoms with Crippen LogP contribution < -0.4 is 4.72 Å². The first kappa shape index (κ1) is 16.2. The number of benzene rings is 1. The molecule has 21 heavy (non-hydrogen) atoms. The van der Waals surface area contributed by atoms with E-state index in [1.807, 2.05) is 24.3 Å². The molecule has 2 rings (SSSR count). The molecule has 5 nitrogen and oxygen atoms in total. The van der Waals surface area contributed by atoms with E-state index < -0.39 is 19.8 Å². The zero-order valence-electron chi connectivity index (χ0n) is 12.2. The summed E-state index contributed by atoms with van der Waals surface area (Å²) >= 11 is 0. The molecule has 0 saturated carbocycles. The third-order valence-electron chi connectivity index (χ3n) is 3.52. The van der Waals surface area contributed by atoms with Crippen LogP contribution in [0.3, 0.4) is 0 Å². The Hall–Kier alpha value is -1.18. The first-order valence-electron chi connectivity index (χ1n) is 6.70. The fourth-order valence-corrected chi connectivity index (χ4v) is 4.17. The molecular formula is C14H20N2O3S2. The number of allylic oxidation sites excluding steroid dienone is 1. The Kier molecular flexibility index (Phi) is 4.85. The Morgan fingerprint density at radius 1 is 1.19 bits per heavy atom. The van der Waals surface area contributed by atoms with Crippen LogP contribution in [0.25, 0.3) is 6.08 Å². The number of aryl methyl sites for hydroxylation is 1. The van der Waals surface area contributed by atoms with Crippen LogP contribution in [0, 0.1) is 0 Å². The second-order valence-corrected chi connectivity index (χ2v) is 9.57. The van der Waals surface area contributed by atoms with Crippen molar-refractivity contribution < 1.29 is 12.6 Å². The third kappa shape index (κ3) is 4.15. The molecule has 0 saturated heterocycles. The highest BCUT2D eigenvalue weighted by atomic mass is 32.2. The summed E-state index contributed by atoms with van der Waals surface area (Å²) in [7, 11) is -4.32. The van der Waals surface area contributed by atoms with Crippen molar-refractivity contribution in [1.82, 2.24) is 4.72 Å². The van der Waals surface area contributed by atoms with Crippen molar-refractivity contribution in [1.29, 1.82) is 0 Å². The van der Waals surface area contributed by atoms with E-state index in [1.54, 1.807) is 6.08 Å². The summed E-state index contributed by atoms with van der Waals surface area (Å²) in [4.78, 5) is 0.386. The predicted octanol–water partition coefficient (Wildman–Crippen LogP) is 1.62. The van der Waals surface area contributed by atoms with Crippen LogP contribution in [0.4, 0.5) is 0 Å². The van der Waals surface area contributed by atoms with Crippen LogP contribution >= 0.6 is 0 Å². The number of hydrogen-bond acceptors (Lipinski definition) is 4. The molecule has 0 amide bonds. The molecule has 1 aliphatic rings. The third-order valence-corrected chi connectivity index (χ3v) is 6.85. The summed E-state index contributed by atoms with van der Waals surface area (Å²) in [6.45, 7) is 0.133. The number of nitrogens with zero attached hydrogens (tertiary/aromatic N) is 1. The molecule has 0 spiro atoms. The maximum Gasteiger partial charge on any atom is 0.236 e. The minimum absolute atomic E-state index is 0.133. The highest BCUT2D eigenvalue weighted by Gasteiger charge is 2.21. The van der Waals surface area contributed by atoms with Gasteiger partial charge in [-0.3, -0.25) is 4.21 Å². The van der Waals surface area contributed by atoms with Crippen LogP contribution in [-0.4, -0.2) is 38.2 Å². The summed E-state index contributed by atoms with van der Waals surface area (Å²) in [5.41, 5.74) is 2.12. The maximum absolute atomic E-state index is 12.3. The SMILES string of the molecule is CN=S(C)(=O)CCNS(=O)(=O)C1=Cc2ccccc2CC1. The minimum atomic E-state index is -3.51. The average Bonchev–Trinajstić information content (AvgIpc) is 2.46. The van der Waals surface area contributed by atoms with E-state index in [-0.39, 0.29) is 12.3 Å². The van der Waals surface area contributed by atoms with Crippen LogP contribution in [0.1, 0.15) is 17.5 Å². The van der Waals surface area contributed by atoms with Gasteiger partial charge in [-0.15, -0.1) is 0 Å². The summed E-state index contributed by atoms with van der Waals surface area (Å²) in [5, 5.41) is 0. The van der Waals surface area contributed by atoms with Gasteiger partial charge < -0.3 is 0 Å². The van der Waals surface area contributed by atoms with Gasteiger partial charge in [0.1, 0.15) is 0 Å². The molecule has 0 aromatic heterocycles. The van der Waals surface area contributed by atoms with Crippen LogP contribution in [0.2, 0.25) is 0 Å². The second-order valence-electron chi connectivity index (χ2n) is 5.05. The van der Waals surface area contributed by atoms with Gasteiger partial charge in [-0.05, 0) is 30.0 Å². The van der Waals surface area contributed by atoms with Gasteiger partial charge in [0.2, 0.25) is 10.0 Å². The van der Waals surface area contributed by atoms with Crippen molar-refractivity contribution >= 4 is 25.8 Å². The van der Waals surface area contributed by atoms with Crippen molar-refractivity contribution in [3.05, 3.63) is 40.3 Å². The van der Waals surface area contributed by atoms with Crippen LogP contribution in [-0.2, 0) is 26.2 Å². The Bertz CT molecular complexity index is 773. The zero-order valence-corrected chi connectivity index (χ0v) is 13.8. The Balaban J connectivity index is 2.11. The first-order valence-corrected chi connectivity index (χ1v) is 10.3. The Labute approximate surface area is 126 Å². The molecule has 0 radical (unpaired) electrons. The molecule has 116 valence electrons. The monoisotopic (exact) mass is 328 g/mol. The normalized spacial score (nSPS) is 17.5. The lowest BCUT2D eigenvalue weighted by atomic mass is 9.98. The lowest BCUT2D eigenvalue weighted by Crippen LogP contribution is -2.30. The van der Waals surface area contributed by atoms with Gasteiger partial charge in [0.25, 0.3) is 0 Å². The molecule has 0 bridgehead atoms. The maximum atomic E-state index is 12.3. The quantitative estimate of drug-likeness (QED) is 0.892. The molecule has 0 fully saturated rings. The van der Waals surface area contributed by atoms with Gasteiger partial charge in [0, 0.05) is 35.3 Å². The lowest BCUT2D eigenvalue weighted by molar-refractivity contribution is 0.588. The fourth-order valence-electron chi connectivity index (χ4n) is 2.17. The number of fused-ring (bicyclic) bond motifs is 1. The van der Waals surface area contributed by atoms with E-state index in [4.69, 9.17) is 0 Å². The van der Waals surface area contributed by atoms with E-state index in [9.17, 15) is 12.6 Å². The Morgan fingerprint density at radius 3 is 2.62 bits per heavy atom. The standard InChI is InChI=1S/C14H20N2O3S2/c1-15-20(2,17)10-9-16-21(18,19)14-8-7-12-5-3-4-6-13(12)11-14/h3-6,11,16H,7-10H2,1-2H3. The summed E-state index contributed by atoms with van der Waals surface area (Å²) < 4.78 is 42.6. The van der Waals surface area contributed by atoms with Gasteiger partial charge in [0.15, 0.2) is 0 Å². The smallest absolute Gasteiger partial charge is 0.236 e. The number of sulfonamides is 1. The average molecular weight is 328 g/mol. The molecule has 1 N–H and O–H groups in total. The van der Waals surface area contributed by atoms with Crippen molar-refractivity contribution in [3.8, 4) is 0 Å². The molecule has 1 aromatic rings. The second kappa shape index (κ2) is 6.29. The van der Waals surface area contributed by atoms with Gasteiger partial charge in [-0.1, -0.05) is 24.3 Å². The zero-order chi connectivity index (χ0) is 15.5. The molecule has 1 atom stereocenters. The van der Waals surface area contributed by atoms with Gasteiger partial charge in [0.05, 0.1) is 4.91 Å². The highest BCUT2D eigenvalue weighted by molar-refractivity contribution is 7.94. The summed E-state index contributed by atoms with van der Waals surface area (Å²) in [6, 6.07) is 7.78. The van der Waals surface area contributed by atoms with E-state index in [0.29, 0.717) is 11.3 Å². The lowest BCUT2D eigenvalue weighted by Gasteiger charge is -2.17. The summed E-state index contributed by atoms with van der Waals surface area (Å²) in [5.74, 6) is 0.215. The summed E-state index contributed by atoms with van der Waals surface area (Å²) in [6.07, 6.45) is 4.45. The van der Waals surface area contributed by atoms with Crippen molar-refractivity contribution in [2.24, 2.45) is 4.36 Å². The molecule has 1 unspecified atom stereocenters. The van der Waals surface area contributed by atoms with E-state index in [0.717, 1.165) is 17.5 Å². The molecule has 1 aliphatic carbocycles. The first-order chi connectivity index (χ1) is 9.84. The number of hydrogen-bond donors (Lipinski definition) is 1. The molecule has 0 aliphatic heterocycles. The topological polar surface area (TPSA) is 75.6 Å². The van der Waals surface area contributed by atoms with Gasteiger partial charge in [-0.2, -0.15) is 0 Å². The minimum Gasteiger partial charge on any atom is -0.250 e.